The number of aliphatic carboxylic acids is 3. The molecule has 96 heavy (non-hydrogen) atoms. The molecule has 5 amide bonds. The molecule has 8 heterocycles. The van der Waals surface area contributed by atoms with Crippen LogP contribution in [0.1, 0.15) is 164 Å². The molecular formula is C63H68N12O15S6. The van der Waals surface area contributed by atoms with Crippen LogP contribution in [0.5, 0.6) is 0 Å². The number of carboxylic acid groups (broad SMARTS) is 3. The van der Waals surface area contributed by atoms with Crippen molar-refractivity contribution in [3.8, 4) is 43.4 Å². The van der Waals surface area contributed by atoms with Gasteiger partial charge in [-0.05, 0) is 56.2 Å². The predicted octanol–water partition coefficient (Wildman–Crippen LogP) is 10.1. The summed E-state index contributed by atoms with van der Waals surface area (Å²) in [7, 11) is 2.92. The van der Waals surface area contributed by atoms with Gasteiger partial charge in [0.25, 0.3) is 11.8 Å². The number of amides is 5. The van der Waals surface area contributed by atoms with E-state index in [1.165, 1.54) is 41.7 Å². The summed E-state index contributed by atoms with van der Waals surface area (Å²) in [5.74, 6) is -7.07. The number of nitrogens with zero attached hydrogens (tertiary/aromatic N) is 8. The normalized spacial score (nSPS) is 16.0. The first kappa shape index (κ1) is 71.6. The molecule has 0 saturated carbocycles. The molecule has 1 unspecified atom stereocenters. The summed E-state index contributed by atoms with van der Waals surface area (Å²) in [6.45, 7) is 4.72. The van der Waals surface area contributed by atoms with E-state index in [-0.39, 0.29) is 116 Å². The number of fused-ring (bicyclic) bond motifs is 14. The lowest BCUT2D eigenvalue weighted by atomic mass is 9.90. The average Bonchev–Trinajstić information content (AvgIpc) is 1.60. The second kappa shape index (κ2) is 33.3. The third-order valence-electron chi connectivity index (χ3n) is 15.3. The first-order chi connectivity index (χ1) is 46.1. The molecular weight excluding hydrogens is 1360 g/mol. The maximum atomic E-state index is 14.5. The standard InChI is InChI=1S/C63H68N12O15S6/c1-31(2)36-22-42(76)50-32(3)95-61(73-50)38(23-45(77)64-4)67-55(86)40-28-91-57(69-40)35-18-19-37(59-71-44(30-94-59)75(20-12-11-17-48(81)82)63(88)90-25-33(21-49(83)84)13-9-10-16-47(79)80)66-51(35)39-27-92-60(68-39)41-29-93-62(70-41)53(54(85)34-14-7-6-8-15-34)72-46(78)24-65-56(87)52-43(26-89-5)96-58(36)74-52/h6-8,14-15,18-19,27-31,33,36,38,53-54,85H,9-13,16-17,20-26H2,1-5H3,(H,64,77)(H,65,87)(H,67,86)(H,72,78)(H,79,80)(H,81,82)(H,83,84)/t33?,36-,38-,53-,54-/m0/s1. The topological polar surface area (TPSA) is 395 Å². The lowest BCUT2D eigenvalue weighted by Gasteiger charge is -2.23. The molecule has 1 aromatic carbocycles. The average molecular weight is 1430 g/mol. The number of unbranched alkanes of at least 4 members (excludes halogenated alkanes) is 2. The van der Waals surface area contributed by atoms with E-state index in [9.17, 15) is 58.5 Å². The van der Waals surface area contributed by atoms with Gasteiger partial charge >= 0.3 is 24.0 Å². The Balaban J connectivity index is 1.10. The number of hydrogen-bond acceptors (Lipinski definition) is 25. The van der Waals surface area contributed by atoms with Gasteiger partial charge in [0.05, 0.1) is 54.2 Å². The molecule has 0 aliphatic carbocycles. The van der Waals surface area contributed by atoms with E-state index in [0.29, 0.717) is 75.8 Å². The highest BCUT2D eigenvalue weighted by atomic mass is 32.1. The van der Waals surface area contributed by atoms with Crippen molar-refractivity contribution in [3.05, 3.63) is 111 Å². The zero-order chi connectivity index (χ0) is 68.7. The van der Waals surface area contributed by atoms with Gasteiger partial charge in [0.1, 0.15) is 77.2 Å². The molecule has 8 N–H and O–H groups in total. The Morgan fingerprint density at radius 3 is 2.10 bits per heavy atom. The van der Waals surface area contributed by atoms with Crippen LogP contribution in [0.25, 0.3) is 43.4 Å². The van der Waals surface area contributed by atoms with Crippen LogP contribution in [0.2, 0.25) is 0 Å². The van der Waals surface area contributed by atoms with Crippen molar-refractivity contribution in [3.63, 3.8) is 0 Å². The van der Waals surface area contributed by atoms with Gasteiger partial charge in [-0.25, -0.2) is 39.7 Å². The summed E-state index contributed by atoms with van der Waals surface area (Å²) in [6.07, 6.45) is -1.72. The fraction of sp³-hybridized carbons (Fsp3) is 0.397. The van der Waals surface area contributed by atoms with Crippen molar-refractivity contribution in [2.75, 3.05) is 38.8 Å². The summed E-state index contributed by atoms with van der Waals surface area (Å²) < 4.78 is 11.2. The van der Waals surface area contributed by atoms with Crippen LogP contribution < -0.4 is 26.2 Å². The minimum atomic E-state index is -1.32. The van der Waals surface area contributed by atoms with Gasteiger partial charge in [-0.15, -0.1) is 68.0 Å². The van der Waals surface area contributed by atoms with E-state index in [1.807, 2.05) is 13.8 Å². The fourth-order valence-electron chi connectivity index (χ4n) is 10.3. The molecule has 506 valence electrons. The van der Waals surface area contributed by atoms with Crippen LogP contribution in [0.4, 0.5) is 10.6 Å². The van der Waals surface area contributed by atoms with Gasteiger partial charge in [0.2, 0.25) is 11.8 Å². The molecule has 9 rings (SSSR count). The van der Waals surface area contributed by atoms with Gasteiger partial charge in [-0.1, -0.05) is 50.6 Å². The molecule has 8 aromatic rings. The number of Topliss-reactive ketones (excluding diaryl/α,β-unsaturated/α-hetero) is 1. The summed E-state index contributed by atoms with van der Waals surface area (Å²) in [5.41, 5.74) is 2.29. The molecule has 10 bridgehead atoms. The maximum Gasteiger partial charge on any atom is 0.415 e. The number of aromatic nitrogens is 7. The molecule has 5 atom stereocenters. The Morgan fingerprint density at radius 1 is 0.698 bits per heavy atom. The van der Waals surface area contributed by atoms with E-state index in [2.05, 4.69) is 21.3 Å². The second-order valence-corrected chi connectivity index (χ2v) is 28.4. The number of ether oxygens (including phenoxy) is 2. The van der Waals surface area contributed by atoms with Crippen LogP contribution >= 0.6 is 68.0 Å². The third-order valence-corrected chi connectivity index (χ3v) is 21.0. The van der Waals surface area contributed by atoms with Gasteiger partial charge in [-0.3, -0.25) is 43.3 Å². The number of carboxylic acids is 3. The molecule has 0 radical (unpaired) electrons. The number of aliphatic hydroxyl groups is 1. The van der Waals surface area contributed by atoms with Gasteiger partial charge in [-0.2, -0.15) is 0 Å². The Bertz CT molecular complexity index is 4120. The molecule has 0 spiro atoms. The number of thiazole rings is 6. The largest absolute Gasteiger partial charge is 0.481 e. The lowest BCUT2D eigenvalue weighted by Crippen LogP contribution is -2.40. The number of aryl methyl sites for hydroxylation is 1. The van der Waals surface area contributed by atoms with Crippen molar-refractivity contribution < 1.29 is 73.1 Å². The number of carbonyl (C=O) groups is 9. The van der Waals surface area contributed by atoms with Crippen LogP contribution in [0, 0.1) is 18.8 Å². The van der Waals surface area contributed by atoms with E-state index in [4.69, 9.17) is 49.5 Å². The first-order valence-electron chi connectivity index (χ1n) is 30.3. The number of aliphatic hydroxyl groups excluding tert-OH is 1. The predicted molar refractivity (Wildman–Crippen MR) is 360 cm³/mol. The van der Waals surface area contributed by atoms with E-state index >= 15 is 0 Å². The number of methoxy groups -OCH3 is 1. The highest BCUT2D eigenvalue weighted by Gasteiger charge is 2.34. The molecule has 1 aliphatic rings. The van der Waals surface area contributed by atoms with Gasteiger partial charge < -0.3 is 51.2 Å². The lowest BCUT2D eigenvalue weighted by molar-refractivity contribution is -0.139. The SMILES string of the molecule is CNC(=O)C[C@@H]1NC(=O)c2csc(n2)-c2ccc(-c3nc(N(CCCCC(=O)O)C(=O)OCC(CCCCC(=O)O)CC(=O)O)cs3)nc2-c2csc(n2)-c2csc(n2)[C@H]([C@@H](O)c2ccccc2)NC(=O)CNC(=O)c2nc(sc2COC)[C@H](C(C)C)CC(=O)c2nc1sc2C. The Kier molecular flexibility index (Phi) is 24.8. The number of benzene rings is 1. The quantitative estimate of drug-likeness (QED) is 0.0276. The zero-order valence-electron chi connectivity index (χ0n) is 52.5. The number of anilines is 1. The summed E-state index contributed by atoms with van der Waals surface area (Å²) >= 11 is 6.97. The molecule has 0 saturated heterocycles. The number of hydrogen-bond donors (Lipinski definition) is 8. The zero-order valence-corrected chi connectivity index (χ0v) is 57.4. The van der Waals surface area contributed by atoms with Crippen molar-refractivity contribution in [2.24, 2.45) is 11.8 Å². The van der Waals surface area contributed by atoms with Crippen LogP contribution in [-0.2, 0) is 40.1 Å². The number of pyridine rings is 1. The monoisotopic (exact) mass is 1420 g/mol. The second-order valence-electron chi connectivity index (χ2n) is 22.6. The Morgan fingerprint density at radius 2 is 1.39 bits per heavy atom. The van der Waals surface area contributed by atoms with E-state index < -0.39 is 84.2 Å². The Labute approximate surface area is 573 Å². The minimum absolute atomic E-state index is 0.00279. The molecule has 1 aliphatic heterocycles. The van der Waals surface area contributed by atoms with E-state index in [0.717, 1.165) is 45.3 Å². The van der Waals surface area contributed by atoms with Gasteiger partial charge in [0, 0.05) is 83.8 Å². The van der Waals surface area contributed by atoms with Gasteiger partial charge in [0.15, 0.2) is 5.78 Å². The number of ketones is 1. The first-order valence-corrected chi connectivity index (χ1v) is 35.5. The number of carbonyl (C=O) groups excluding carboxylic acids is 6. The highest BCUT2D eigenvalue weighted by molar-refractivity contribution is 7.15. The van der Waals surface area contributed by atoms with Crippen molar-refractivity contribution in [2.45, 2.75) is 116 Å². The van der Waals surface area contributed by atoms with Crippen molar-refractivity contribution in [1.29, 1.82) is 0 Å². The summed E-state index contributed by atoms with van der Waals surface area (Å²) in [5, 5.41) is 59.9. The fourth-order valence-corrected chi connectivity index (χ4v) is 15.9. The molecule has 7 aromatic heterocycles. The number of nitrogens with one attached hydrogen (secondary N) is 4. The molecule has 27 nitrogen and oxygen atoms in total. The van der Waals surface area contributed by atoms with Crippen LogP contribution in [0.3, 0.4) is 0 Å². The van der Waals surface area contributed by atoms with Crippen molar-refractivity contribution >= 4 is 127 Å². The van der Waals surface area contributed by atoms with Crippen LogP contribution in [-0.4, -0.2) is 143 Å². The van der Waals surface area contributed by atoms with E-state index in [1.54, 1.807) is 70.9 Å². The summed E-state index contributed by atoms with van der Waals surface area (Å²) in [4.78, 5) is 155. The highest BCUT2D eigenvalue weighted by Crippen LogP contribution is 2.41. The minimum Gasteiger partial charge on any atom is -0.481 e. The van der Waals surface area contributed by atoms with Crippen LogP contribution in [0.15, 0.2) is 64.0 Å². The maximum absolute atomic E-state index is 14.5. The Hall–Kier alpha value is -8.70. The molecule has 0 fully saturated rings. The molecule has 33 heteroatoms. The smallest absolute Gasteiger partial charge is 0.415 e. The van der Waals surface area contributed by atoms with Crippen molar-refractivity contribution in [1.82, 2.24) is 56.2 Å². The number of rotatable bonds is 23. The third kappa shape index (κ3) is 18.4. The summed E-state index contributed by atoms with van der Waals surface area (Å²) in [6, 6.07) is 9.91.